The molecule has 1 aromatic heterocycles. The third kappa shape index (κ3) is 2.94. The topological polar surface area (TPSA) is 33.4 Å². The molecule has 1 unspecified atom stereocenters. The summed E-state index contributed by atoms with van der Waals surface area (Å²) in [6.07, 6.45) is 0. The lowest BCUT2D eigenvalue weighted by atomic mass is 9.81. The zero-order valence-electron chi connectivity index (χ0n) is 18.5. The van der Waals surface area contributed by atoms with Gasteiger partial charge in [0.15, 0.2) is 0 Å². The van der Waals surface area contributed by atoms with E-state index >= 15 is 0 Å². The molecule has 0 fully saturated rings. The molecular weight excluding hydrogens is 540 g/mol. The Labute approximate surface area is 209 Å². The molecule has 4 aromatic carbocycles. The van der Waals surface area contributed by atoms with Gasteiger partial charge in [-0.25, -0.2) is 0 Å². The smallest absolute Gasteiger partial charge is 0.150 e. The quantitative estimate of drug-likeness (QED) is 0.222. The number of fused-ring (bicyclic) bond motifs is 7. The molecule has 1 atom stereocenters. The van der Waals surface area contributed by atoms with E-state index in [0.717, 1.165) is 58.7 Å². The Morgan fingerprint density at radius 1 is 0.848 bits per heavy atom. The third-order valence-electron chi connectivity index (χ3n) is 6.80. The average Bonchev–Trinajstić information content (AvgIpc) is 3.29. The van der Waals surface area contributed by atoms with Crippen molar-refractivity contribution in [2.24, 2.45) is 0 Å². The number of para-hydroxylation sites is 1. The van der Waals surface area contributed by atoms with E-state index < -0.39 is 5.60 Å². The van der Waals surface area contributed by atoms with Gasteiger partial charge in [0.1, 0.15) is 16.8 Å². The summed E-state index contributed by atoms with van der Waals surface area (Å²) in [7, 11) is 0. The molecule has 6 rings (SSSR count). The van der Waals surface area contributed by atoms with Crippen molar-refractivity contribution in [2.45, 2.75) is 31.8 Å². The maximum Gasteiger partial charge on any atom is 0.150 e. The van der Waals surface area contributed by atoms with E-state index in [1.807, 2.05) is 36.4 Å². The second kappa shape index (κ2) is 7.05. The SMILES string of the molecule is CC(C)(C)c1ccc(C2(O)c3cc(Br)ccc3-c3c2cc(Br)c2oc4ccccc4c32)cc1. The van der Waals surface area contributed by atoms with Crippen LogP contribution in [-0.2, 0) is 11.0 Å². The van der Waals surface area contributed by atoms with E-state index in [1.165, 1.54) is 5.56 Å². The number of halogens is 2. The fraction of sp³-hybridized carbons (Fsp3) is 0.172. The summed E-state index contributed by atoms with van der Waals surface area (Å²) < 4.78 is 8.01. The van der Waals surface area contributed by atoms with Gasteiger partial charge in [0.2, 0.25) is 0 Å². The van der Waals surface area contributed by atoms with Gasteiger partial charge in [0.05, 0.1) is 4.47 Å². The fourth-order valence-corrected chi connectivity index (χ4v) is 6.00. The van der Waals surface area contributed by atoms with E-state index in [0.29, 0.717) is 0 Å². The van der Waals surface area contributed by atoms with Gasteiger partial charge < -0.3 is 9.52 Å². The van der Waals surface area contributed by atoms with Crippen molar-refractivity contribution in [3.05, 3.63) is 104 Å². The standard InChI is InChI=1S/C29H22Br2O2/c1-28(2,3)16-8-10-17(11-9-16)29(32)21-14-18(30)12-13-19(21)25-22(29)15-23(31)27-26(25)20-6-4-5-7-24(20)33-27/h4-15,32H,1-3H3. The maximum absolute atomic E-state index is 12.5. The Morgan fingerprint density at radius 2 is 1.58 bits per heavy atom. The number of hydrogen-bond donors (Lipinski definition) is 1. The normalized spacial score (nSPS) is 17.5. The molecule has 164 valence electrons. The largest absolute Gasteiger partial charge is 0.455 e. The maximum atomic E-state index is 12.5. The first kappa shape index (κ1) is 21.2. The van der Waals surface area contributed by atoms with Crippen LogP contribution >= 0.6 is 31.9 Å². The number of aliphatic hydroxyl groups is 1. The summed E-state index contributed by atoms with van der Waals surface area (Å²) in [5.74, 6) is 0. The van der Waals surface area contributed by atoms with Crippen LogP contribution in [0.4, 0.5) is 0 Å². The third-order valence-corrected chi connectivity index (χ3v) is 7.88. The van der Waals surface area contributed by atoms with Crippen molar-refractivity contribution in [2.75, 3.05) is 0 Å². The van der Waals surface area contributed by atoms with Gasteiger partial charge in [-0.15, -0.1) is 0 Å². The van der Waals surface area contributed by atoms with Crippen molar-refractivity contribution in [3.8, 4) is 11.1 Å². The summed E-state index contributed by atoms with van der Waals surface area (Å²) in [5, 5.41) is 14.6. The Hall–Kier alpha value is -2.40. The van der Waals surface area contributed by atoms with Gasteiger partial charge >= 0.3 is 0 Å². The van der Waals surface area contributed by atoms with Gasteiger partial charge in [-0.05, 0) is 62.3 Å². The number of benzene rings is 4. The molecule has 1 aliphatic carbocycles. The van der Waals surface area contributed by atoms with E-state index in [-0.39, 0.29) is 5.41 Å². The van der Waals surface area contributed by atoms with Gasteiger partial charge in [0, 0.05) is 31.9 Å². The van der Waals surface area contributed by atoms with Crippen molar-refractivity contribution in [1.82, 2.24) is 0 Å². The number of rotatable bonds is 1. The van der Waals surface area contributed by atoms with Crippen molar-refractivity contribution in [1.29, 1.82) is 0 Å². The molecule has 1 aliphatic rings. The summed E-state index contributed by atoms with van der Waals surface area (Å²) in [6, 6.07) is 24.6. The van der Waals surface area contributed by atoms with E-state index in [4.69, 9.17) is 4.42 Å². The zero-order chi connectivity index (χ0) is 23.1. The average molecular weight is 562 g/mol. The van der Waals surface area contributed by atoms with Gasteiger partial charge in [0.25, 0.3) is 0 Å². The minimum atomic E-state index is -1.28. The molecule has 0 saturated heterocycles. The minimum absolute atomic E-state index is 0.0422. The van der Waals surface area contributed by atoms with Crippen LogP contribution in [-0.4, -0.2) is 5.11 Å². The lowest BCUT2D eigenvalue weighted by molar-refractivity contribution is 0.130. The first-order chi connectivity index (χ1) is 15.7. The molecule has 5 aromatic rings. The van der Waals surface area contributed by atoms with Crippen LogP contribution in [0, 0.1) is 0 Å². The molecule has 0 radical (unpaired) electrons. The number of hydrogen-bond acceptors (Lipinski definition) is 2. The van der Waals surface area contributed by atoms with Crippen LogP contribution in [0.5, 0.6) is 0 Å². The predicted molar refractivity (Wildman–Crippen MR) is 142 cm³/mol. The van der Waals surface area contributed by atoms with Gasteiger partial charge in [-0.3, -0.25) is 0 Å². The highest BCUT2D eigenvalue weighted by atomic mass is 79.9. The number of furan rings is 1. The lowest BCUT2D eigenvalue weighted by Gasteiger charge is -2.28. The Bertz CT molecular complexity index is 1570. The first-order valence-electron chi connectivity index (χ1n) is 11.0. The van der Waals surface area contributed by atoms with Crippen LogP contribution in [0.1, 0.15) is 43.0 Å². The summed E-state index contributed by atoms with van der Waals surface area (Å²) in [5.41, 5.74) is 6.29. The van der Waals surface area contributed by atoms with Gasteiger partial charge in [-0.2, -0.15) is 0 Å². The van der Waals surface area contributed by atoms with E-state index in [9.17, 15) is 5.11 Å². The second-order valence-corrected chi connectivity index (χ2v) is 11.6. The Kier molecular flexibility index (Phi) is 4.52. The molecule has 0 saturated carbocycles. The predicted octanol–water partition coefficient (Wildman–Crippen LogP) is 8.67. The summed E-state index contributed by atoms with van der Waals surface area (Å²) in [6.45, 7) is 6.60. The minimum Gasteiger partial charge on any atom is -0.455 e. The molecule has 0 aliphatic heterocycles. The van der Waals surface area contributed by atoms with Crippen LogP contribution < -0.4 is 0 Å². The van der Waals surface area contributed by atoms with Crippen molar-refractivity contribution in [3.63, 3.8) is 0 Å². The molecule has 33 heavy (non-hydrogen) atoms. The Morgan fingerprint density at radius 3 is 2.30 bits per heavy atom. The molecule has 0 bridgehead atoms. The summed E-state index contributed by atoms with van der Waals surface area (Å²) >= 11 is 7.36. The van der Waals surface area contributed by atoms with Crippen LogP contribution in [0.2, 0.25) is 0 Å². The highest BCUT2D eigenvalue weighted by Crippen LogP contribution is 2.56. The van der Waals surface area contributed by atoms with Crippen molar-refractivity contribution >= 4 is 53.8 Å². The first-order valence-corrected chi connectivity index (χ1v) is 12.6. The van der Waals surface area contributed by atoms with E-state index in [2.05, 4.69) is 89.0 Å². The molecule has 0 amide bonds. The zero-order valence-corrected chi connectivity index (χ0v) is 21.7. The molecule has 1 N–H and O–H groups in total. The molecular formula is C29H22Br2O2. The molecule has 0 spiro atoms. The summed E-state index contributed by atoms with van der Waals surface area (Å²) in [4.78, 5) is 0. The monoisotopic (exact) mass is 560 g/mol. The molecule has 1 heterocycles. The highest BCUT2D eigenvalue weighted by molar-refractivity contribution is 9.11. The van der Waals surface area contributed by atoms with E-state index in [1.54, 1.807) is 0 Å². The van der Waals surface area contributed by atoms with Crippen LogP contribution in [0.25, 0.3) is 33.1 Å². The second-order valence-electron chi connectivity index (χ2n) is 9.81. The van der Waals surface area contributed by atoms with Crippen LogP contribution in [0.15, 0.2) is 86.2 Å². The molecule has 4 heteroatoms. The van der Waals surface area contributed by atoms with Crippen molar-refractivity contribution < 1.29 is 9.52 Å². The van der Waals surface area contributed by atoms with Crippen LogP contribution in [0.3, 0.4) is 0 Å². The highest BCUT2D eigenvalue weighted by Gasteiger charge is 2.45. The lowest BCUT2D eigenvalue weighted by Crippen LogP contribution is -2.26. The Balaban J connectivity index is 1.73. The van der Waals surface area contributed by atoms with Gasteiger partial charge in [-0.1, -0.05) is 85.2 Å². The molecule has 2 nitrogen and oxygen atoms in total. The fourth-order valence-electron chi connectivity index (χ4n) is 5.13.